The van der Waals surface area contributed by atoms with E-state index in [2.05, 4.69) is 9.97 Å². The summed E-state index contributed by atoms with van der Waals surface area (Å²) in [5, 5.41) is 21.9. The van der Waals surface area contributed by atoms with Gasteiger partial charge in [0.2, 0.25) is 11.1 Å². The van der Waals surface area contributed by atoms with Crippen LogP contribution in [-0.4, -0.2) is 34.0 Å². The fourth-order valence-electron chi connectivity index (χ4n) is 2.28. The Morgan fingerprint density at radius 1 is 1.40 bits per heavy atom. The highest BCUT2D eigenvalue weighted by Gasteiger charge is 2.29. The van der Waals surface area contributed by atoms with E-state index in [1.54, 1.807) is 4.90 Å². The summed E-state index contributed by atoms with van der Waals surface area (Å²) in [5.74, 6) is -1.47. The Labute approximate surface area is 119 Å². The first-order valence-corrected chi connectivity index (χ1v) is 6.42. The summed E-state index contributed by atoms with van der Waals surface area (Å²) in [6, 6.07) is 0. The summed E-state index contributed by atoms with van der Waals surface area (Å²) in [5.41, 5.74) is -0.00618. The van der Waals surface area contributed by atoms with Crippen molar-refractivity contribution in [3.05, 3.63) is 21.1 Å². The number of halogens is 1. The zero-order chi connectivity index (χ0) is 14.9. The number of rotatable bonds is 3. The Morgan fingerprint density at radius 2 is 2.00 bits per heavy atom. The molecule has 1 saturated heterocycles. The molecule has 1 aromatic rings. The third-order valence-electron chi connectivity index (χ3n) is 3.32. The third kappa shape index (κ3) is 2.79. The number of aromatic nitrogens is 2. The van der Waals surface area contributed by atoms with Crippen molar-refractivity contribution in [3.8, 4) is 0 Å². The number of carboxylic acid groups (broad SMARTS) is 1. The van der Waals surface area contributed by atoms with Crippen molar-refractivity contribution in [3.63, 3.8) is 0 Å². The zero-order valence-electron chi connectivity index (χ0n) is 10.7. The molecular weight excluding hydrogens is 288 g/mol. The van der Waals surface area contributed by atoms with E-state index in [0.717, 1.165) is 0 Å². The second-order valence-electron chi connectivity index (χ2n) is 4.59. The molecule has 2 heterocycles. The van der Waals surface area contributed by atoms with E-state index in [1.165, 1.54) is 6.92 Å². The summed E-state index contributed by atoms with van der Waals surface area (Å²) in [7, 11) is 0. The molecule has 0 aliphatic carbocycles. The predicted molar refractivity (Wildman–Crippen MR) is 68.4 cm³/mol. The number of nitrogens with zero attached hydrogens (tertiary/aromatic N) is 4. The Bertz CT molecular complexity index is 558. The van der Waals surface area contributed by atoms with E-state index in [-0.39, 0.29) is 22.5 Å². The van der Waals surface area contributed by atoms with Crippen LogP contribution >= 0.6 is 11.6 Å². The van der Waals surface area contributed by atoms with Gasteiger partial charge in [0.15, 0.2) is 0 Å². The second kappa shape index (κ2) is 5.58. The molecule has 0 unspecified atom stereocenters. The van der Waals surface area contributed by atoms with Crippen molar-refractivity contribution < 1.29 is 14.8 Å². The van der Waals surface area contributed by atoms with Gasteiger partial charge in [0.05, 0.1) is 4.92 Å². The van der Waals surface area contributed by atoms with Crippen LogP contribution in [0.1, 0.15) is 18.5 Å². The molecule has 1 aromatic heterocycles. The number of carboxylic acids is 1. The number of aliphatic carboxylic acids is 1. The maximum atomic E-state index is 11.1. The lowest BCUT2D eigenvalue weighted by molar-refractivity contribution is -0.385. The Balaban J connectivity index is 2.30. The summed E-state index contributed by atoms with van der Waals surface area (Å²) in [4.78, 5) is 30.7. The first kappa shape index (κ1) is 14.4. The minimum Gasteiger partial charge on any atom is -0.550 e. The number of aryl methyl sites for hydroxylation is 1. The fraction of sp³-hybridized carbons (Fsp3) is 0.545. The molecule has 2 rings (SSSR count). The van der Waals surface area contributed by atoms with Crippen LogP contribution in [0.15, 0.2) is 0 Å². The van der Waals surface area contributed by atoms with Crippen LogP contribution in [0, 0.1) is 23.0 Å². The number of carbonyl (C=O) groups is 1. The van der Waals surface area contributed by atoms with Crippen LogP contribution in [0.25, 0.3) is 0 Å². The van der Waals surface area contributed by atoms with E-state index in [1.807, 2.05) is 0 Å². The highest BCUT2D eigenvalue weighted by molar-refractivity contribution is 6.28. The minimum absolute atomic E-state index is 0.0647. The quantitative estimate of drug-likeness (QED) is 0.448. The third-order valence-corrected chi connectivity index (χ3v) is 3.49. The number of anilines is 1. The van der Waals surface area contributed by atoms with Gasteiger partial charge in [0, 0.05) is 25.0 Å². The van der Waals surface area contributed by atoms with Gasteiger partial charge in [-0.3, -0.25) is 10.1 Å². The standard InChI is InChI=1S/C11H13ClN4O4/c1-6-8(16(19)20)9(14-11(12)13-6)15-4-2-7(3-5-15)10(17)18/h7H,2-5H2,1H3,(H,17,18)/p-1. The molecule has 108 valence electrons. The molecule has 8 nitrogen and oxygen atoms in total. The molecule has 0 saturated carbocycles. The van der Waals surface area contributed by atoms with Gasteiger partial charge < -0.3 is 14.8 Å². The zero-order valence-corrected chi connectivity index (χ0v) is 11.5. The van der Waals surface area contributed by atoms with Crippen molar-refractivity contribution in [2.24, 2.45) is 5.92 Å². The molecule has 1 aliphatic rings. The number of hydrogen-bond acceptors (Lipinski definition) is 7. The van der Waals surface area contributed by atoms with Crippen LogP contribution in [0.4, 0.5) is 11.5 Å². The highest BCUT2D eigenvalue weighted by atomic mass is 35.5. The summed E-state index contributed by atoms with van der Waals surface area (Å²) >= 11 is 5.75. The molecule has 0 radical (unpaired) electrons. The molecule has 0 spiro atoms. The average molecular weight is 300 g/mol. The van der Waals surface area contributed by atoms with Crippen molar-refractivity contribution >= 4 is 29.1 Å². The molecule has 20 heavy (non-hydrogen) atoms. The van der Waals surface area contributed by atoms with Crippen LogP contribution in [-0.2, 0) is 4.79 Å². The van der Waals surface area contributed by atoms with E-state index >= 15 is 0 Å². The van der Waals surface area contributed by atoms with Gasteiger partial charge in [-0.1, -0.05) is 0 Å². The molecule has 1 aliphatic heterocycles. The van der Waals surface area contributed by atoms with Crippen LogP contribution in [0.3, 0.4) is 0 Å². The topological polar surface area (TPSA) is 112 Å². The Hall–Kier alpha value is -1.96. The van der Waals surface area contributed by atoms with Gasteiger partial charge in [0.25, 0.3) is 0 Å². The smallest absolute Gasteiger partial charge is 0.332 e. The largest absolute Gasteiger partial charge is 0.550 e. The highest BCUT2D eigenvalue weighted by Crippen LogP contribution is 2.32. The minimum atomic E-state index is -1.09. The van der Waals surface area contributed by atoms with Gasteiger partial charge in [-0.2, -0.15) is 4.98 Å². The lowest BCUT2D eigenvalue weighted by Gasteiger charge is -2.32. The van der Waals surface area contributed by atoms with E-state index in [9.17, 15) is 20.0 Å². The van der Waals surface area contributed by atoms with Crippen molar-refractivity contribution in [1.29, 1.82) is 0 Å². The lowest BCUT2D eigenvalue weighted by atomic mass is 9.97. The van der Waals surface area contributed by atoms with Gasteiger partial charge in [-0.05, 0) is 31.4 Å². The summed E-state index contributed by atoms with van der Waals surface area (Å²) in [6.45, 7) is 2.20. The number of hydrogen-bond donors (Lipinski definition) is 0. The molecule has 0 amide bonds. The molecule has 0 bridgehead atoms. The maximum absolute atomic E-state index is 11.1. The number of piperidine rings is 1. The van der Waals surface area contributed by atoms with Gasteiger partial charge in [0.1, 0.15) is 5.69 Å². The molecule has 0 atom stereocenters. The summed E-state index contributed by atoms with van der Waals surface area (Å²) < 4.78 is 0. The van der Waals surface area contributed by atoms with Gasteiger partial charge in [-0.15, -0.1) is 0 Å². The Morgan fingerprint density at radius 3 is 2.50 bits per heavy atom. The van der Waals surface area contributed by atoms with E-state index < -0.39 is 16.8 Å². The van der Waals surface area contributed by atoms with Crippen LogP contribution in [0.5, 0.6) is 0 Å². The fourth-order valence-corrected chi connectivity index (χ4v) is 2.49. The first-order valence-electron chi connectivity index (χ1n) is 6.04. The average Bonchev–Trinajstić information content (AvgIpc) is 2.37. The van der Waals surface area contributed by atoms with E-state index in [4.69, 9.17) is 11.6 Å². The van der Waals surface area contributed by atoms with E-state index in [0.29, 0.717) is 25.9 Å². The molecule has 0 N–H and O–H groups in total. The second-order valence-corrected chi connectivity index (χ2v) is 4.93. The molecule has 0 aromatic carbocycles. The predicted octanol–water partition coefficient (Wildman–Crippen LogP) is 0.313. The maximum Gasteiger partial charge on any atom is 0.332 e. The van der Waals surface area contributed by atoms with Crippen LogP contribution < -0.4 is 10.0 Å². The molecular formula is C11H12ClN4O4-. The van der Waals surface area contributed by atoms with Gasteiger partial charge in [-0.25, -0.2) is 4.98 Å². The monoisotopic (exact) mass is 299 g/mol. The van der Waals surface area contributed by atoms with Gasteiger partial charge >= 0.3 is 5.69 Å². The number of carbonyl (C=O) groups excluding carboxylic acids is 1. The normalized spacial score (nSPS) is 16.2. The number of nitro groups is 1. The molecule has 1 fully saturated rings. The van der Waals surface area contributed by atoms with Crippen molar-refractivity contribution in [2.45, 2.75) is 19.8 Å². The lowest BCUT2D eigenvalue weighted by Crippen LogP contribution is -2.41. The SMILES string of the molecule is Cc1nc(Cl)nc(N2CCC(C(=O)[O-])CC2)c1[N+](=O)[O-]. The first-order chi connectivity index (χ1) is 9.40. The Kier molecular flexibility index (Phi) is 4.03. The molecule has 9 heteroatoms. The summed E-state index contributed by atoms with van der Waals surface area (Å²) in [6.07, 6.45) is 0.723. The van der Waals surface area contributed by atoms with Crippen molar-refractivity contribution in [2.75, 3.05) is 18.0 Å². The van der Waals surface area contributed by atoms with Crippen LogP contribution in [0.2, 0.25) is 5.28 Å². The van der Waals surface area contributed by atoms with Crippen molar-refractivity contribution in [1.82, 2.24) is 9.97 Å².